The van der Waals surface area contributed by atoms with Crippen LogP contribution in [-0.2, 0) is 87.1 Å². The first-order valence-electron chi connectivity index (χ1n) is 24.7. The van der Waals surface area contributed by atoms with E-state index in [9.17, 15) is 33.6 Å². The van der Waals surface area contributed by atoms with Gasteiger partial charge in [-0.1, -0.05) is 48.5 Å². The Morgan fingerprint density at radius 2 is 1.48 bits per heavy atom. The molecule has 1 unspecified atom stereocenters. The number of imide groups is 1. The quantitative estimate of drug-likeness (QED) is 0.0523. The van der Waals surface area contributed by atoms with E-state index in [1.165, 1.54) is 11.6 Å². The third kappa shape index (κ3) is 13.2. The van der Waals surface area contributed by atoms with E-state index in [0.29, 0.717) is 64.2 Å². The zero-order valence-electron chi connectivity index (χ0n) is 41.0. The molecule has 0 spiro atoms. The number of carbonyl (C=O) groups excluding carboxylic acids is 6. The topological polar surface area (TPSA) is 249 Å². The highest BCUT2D eigenvalue weighted by Crippen LogP contribution is 2.39. The van der Waals surface area contributed by atoms with Crippen molar-refractivity contribution in [2.24, 2.45) is 18.5 Å². The van der Waals surface area contributed by atoms with Crippen molar-refractivity contribution in [1.82, 2.24) is 24.7 Å². The Morgan fingerprint density at radius 3 is 2.24 bits per heavy atom. The van der Waals surface area contributed by atoms with Gasteiger partial charge in [-0.05, 0) is 98.2 Å². The number of imidazole rings is 1. The average Bonchev–Trinajstić information content (AvgIpc) is 3.83. The maximum Gasteiger partial charge on any atom is 0.329 e. The van der Waals surface area contributed by atoms with Crippen molar-refractivity contribution in [3.63, 3.8) is 0 Å². The van der Waals surface area contributed by atoms with Gasteiger partial charge in [0.15, 0.2) is 0 Å². The molecule has 0 radical (unpaired) electrons. The molecule has 6 amide bonds. The van der Waals surface area contributed by atoms with E-state index in [-0.39, 0.29) is 74.3 Å². The number of nitrogens with one attached hydrogen (secondary N) is 2. The molecule has 6 N–H and O–H groups in total. The summed E-state index contributed by atoms with van der Waals surface area (Å²) in [4.78, 5) is 91.9. The van der Waals surface area contributed by atoms with E-state index >= 15 is 0 Å². The molecule has 19 nitrogen and oxygen atoms in total. The molecule has 71 heavy (non-hydrogen) atoms. The van der Waals surface area contributed by atoms with Crippen LogP contribution in [0.5, 0.6) is 0 Å². The molecule has 19 heteroatoms. The van der Waals surface area contributed by atoms with Crippen LogP contribution in [0.25, 0.3) is 11.0 Å². The van der Waals surface area contributed by atoms with E-state index in [1.54, 1.807) is 16.5 Å². The van der Waals surface area contributed by atoms with Crippen molar-refractivity contribution in [1.29, 1.82) is 0 Å². The summed E-state index contributed by atoms with van der Waals surface area (Å²) >= 11 is 0. The number of piperidine rings is 1. The molecule has 0 saturated carbocycles. The summed E-state index contributed by atoms with van der Waals surface area (Å²) in [7, 11) is 3.14. The summed E-state index contributed by atoms with van der Waals surface area (Å²) in [6.07, 6.45) is 4.93. The second-order valence-corrected chi connectivity index (χ2v) is 18.7. The zero-order valence-corrected chi connectivity index (χ0v) is 41.0. The largest absolute Gasteiger partial charge is 0.379 e. The van der Waals surface area contributed by atoms with E-state index < -0.39 is 36.2 Å². The second-order valence-electron chi connectivity index (χ2n) is 18.7. The van der Waals surface area contributed by atoms with Crippen LogP contribution >= 0.6 is 0 Å². The molecule has 5 atom stereocenters. The number of hydrogen-bond acceptors (Lipinski definition) is 12. The number of primary amides is 1. The molecular formula is C52H68N8O11. The highest BCUT2D eigenvalue weighted by Gasteiger charge is 2.43. The molecule has 3 aliphatic heterocycles. The minimum atomic E-state index is -0.756. The molecule has 3 aliphatic rings. The maximum absolute atomic E-state index is 13.8. The number of likely N-dealkylation sites (N-methyl/N-ethyl adjacent to an activating group) is 1. The van der Waals surface area contributed by atoms with E-state index in [4.69, 9.17) is 30.4 Å². The fourth-order valence-electron chi connectivity index (χ4n) is 9.57. The lowest BCUT2D eigenvalue weighted by Gasteiger charge is -2.30. The third-order valence-electron chi connectivity index (χ3n) is 13.7. The highest BCUT2D eigenvalue weighted by molar-refractivity contribution is 6.07. The normalized spacial score (nSPS) is 18.6. The van der Waals surface area contributed by atoms with Gasteiger partial charge in [0.25, 0.3) is 5.91 Å². The number of benzene rings is 3. The van der Waals surface area contributed by atoms with Crippen LogP contribution in [-0.4, -0.2) is 127 Å². The third-order valence-corrected chi connectivity index (χ3v) is 13.7. The Morgan fingerprint density at radius 1 is 0.789 bits per heavy atom. The number of anilines is 1. The first-order chi connectivity index (χ1) is 34.2. The monoisotopic (exact) mass is 981 g/mol. The number of ether oxygens (including phenoxy) is 4. The number of aromatic nitrogens is 2. The Bertz CT molecular complexity index is 2610. The SMILES string of the molecule is C[C@@H](OCc1ccc(CCCNC(=O)COCCOCCOCCCc2ccc3c(c2)n(C)c(=O)n3C2CCC(=O)N(C)C2=O)cc1)[C@H](CCC(N)=O)NC(=O)[C@@H]1Cc2cccc3c2N1C(=O)[C@@H](N)CC3. The van der Waals surface area contributed by atoms with Crippen LogP contribution < -0.4 is 32.7 Å². The lowest BCUT2D eigenvalue weighted by molar-refractivity contribution is -0.149. The molecule has 7 rings (SSSR count). The summed E-state index contributed by atoms with van der Waals surface area (Å²) in [6.45, 7) is 4.48. The standard InChI is InChI=1S/C52H68N8O11/c1-33(40(18-21-45(54)61)56-49(64)44-30-38-10-4-9-37-16-17-39(53)50(65)60(44)48(37)38)71-31-36-13-11-34(12-14-36)7-5-23-55-46(62)32-70-28-27-69-26-25-68-24-6-8-35-15-19-41-43(29-35)57(2)52(67)59(41)42-20-22-47(63)58(3)51(42)66/h4,9-15,19,29,33,39-40,42,44H,5-8,16-18,20-28,30-32,53H2,1-3H3,(H2,54,61)(H,55,62)(H,56,64)/t33-,39+,40+,42?,44+/m1/s1. The number of likely N-dealkylation sites (tertiary alicyclic amines) is 1. The van der Waals surface area contributed by atoms with Crippen LogP contribution in [0.3, 0.4) is 0 Å². The van der Waals surface area contributed by atoms with E-state index in [2.05, 4.69) is 10.6 Å². The summed E-state index contributed by atoms with van der Waals surface area (Å²) in [6, 6.07) is 17.0. The molecule has 1 fully saturated rings. The van der Waals surface area contributed by atoms with Gasteiger partial charge in [0.1, 0.15) is 18.7 Å². The predicted octanol–water partition coefficient (Wildman–Crippen LogP) is 2.28. The van der Waals surface area contributed by atoms with Crippen LogP contribution in [0.4, 0.5) is 5.69 Å². The van der Waals surface area contributed by atoms with Gasteiger partial charge < -0.3 is 41.0 Å². The lowest BCUT2D eigenvalue weighted by Crippen LogP contribution is -2.55. The van der Waals surface area contributed by atoms with Crippen LogP contribution in [0.15, 0.2) is 65.5 Å². The smallest absolute Gasteiger partial charge is 0.329 e. The van der Waals surface area contributed by atoms with Gasteiger partial charge in [-0.3, -0.25) is 47.7 Å². The summed E-state index contributed by atoms with van der Waals surface area (Å²) in [5.41, 5.74) is 18.6. The van der Waals surface area contributed by atoms with Crippen LogP contribution in [0, 0.1) is 0 Å². The molecule has 3 aromatic carbocycles. The van der Waals surface area contributed by atoms with Gasteiger partial charge in [0.05, 0.1) is 67.9 Å². The molecule has 1 saturated heterocycles. The van der Waals surface area contributed by atoms with Gasteiger partial charge in [0.2, 0.25) is 29.5 Å². The number of carbonyl (C=O) groups is 6. The van der Waals surface area contributed by atoms with Crippen molar-refractivity contribution in [2.75, 3.05) is 58.1 Å². The molecule has 0 aliphatic carbocycles. The summed E-state index contributed by atoms with van der Waals surface area (Å²) in [5, 5.41) is 5.95. The number of amides is 6. The van der Waals surface area contributed by atoms with Crippen LogP contribution in [0.1, 0.15) is 85.7 Å². The molecule has 1 aromatic heterocycles. The Kier molecular flexibility index (Phi) is 18.3. The number of hydrogen-bond donors (Lipinski definition) is 4. The molecule has 0 bridgehead atoms. The van der Waals surface area contributed by atoms with Gasteiger partial charge in [-0.15, -0.1) is 0 Å². The molecule has 4 heterocycles. The Hall–Kier alpha value is -6.25. The Labute approximate surface area is 413 Å². The number of nitrogens with two attached hydrogens (primary N) is 2. The van der Waals surface area contributed by atoms with E-state index in [0.717, 1.165) is 69.6 Å². The van der Waals surface area contributed by atoms with Crippen LogP contribution in [0.2, 0.25) is 0 Å². The number of aryl methyl sites for hydroxylation is 4. The van der Waals surface area contributed by atoms with Crippen molar-refractivity contribution in [2.45, 2.75) is 114 Å². The van der Waals surface area contributed by atoms with Crippen molar-refractivity contribution in [3.05, 3.63) is 99.0 Å². The number of fused-ring (bicyclic) bond motifs is 1. The number of rotatable bonds is 26. The van der Waals surface area contributed by atoms with Gasteiger partial charge in [-0.25, -0.2) is 4.79 Å². The molecular weight excluding hydrogens is 913 g/mol. The minimum absolute atomic E-state index is 0.0583. The first kappa shape index (κ1) is 52.6. The van der Waals surface area contributed by atoms with Crippen molar-refractivity contribution >= 4 is 52.2 Å². The van der Waals surface area contributed by atoms with Gasteiger partial charge in [-0.2, -0.15) is 0 Å². The maximum atomic E-state index is 13.8. The summed E-state index contributed by atoms with van der Waals surface area (Å²) in [5.74, 6) is -1.89. The zero-order chi connectivity index (χ0) is 50.6. The van der Waals surface area contributed by atoms with Crippen molar-refractivity contribution < 1.29 is 47.7 Å². The predicted molar refractivity (Wildman–Crippen MR) is 264 cm³/mol. The average molecular weight is 981 g/mol. The van der Waals surface area contributed by atoms with Gasteiger partial charge in [0, 0.05) is 46.5 Å². The minimum Gasteiger partial charge on any atom is -0.379 e. The fourth-order valence-corrected chi connectivity index (χ4v) is 9.57. The Balaban J connectivity index is 0.723. The van der Waals surface area contributed by atoms with Gasteiger partial charge >= 0.3 is 5.69 Å². The fraction of sp³-hybridized carbons (Fsp3) is 0.519. The second kappa shape index (κ2) is 24.7. The molecule has 382 valence electrons. The lowest BCUT2D eigenvalue weighted by atomic mass is 10.0. The number of para-hydroxylation sites is 1. The number of nitrogens with zero attached hydrogens (tertiary/aromatic N) is 4. The molecule has 4 aromatic rings. The highest BCUT2D eigenvalue weighted by atomic mass is 16.5. The van der Waals surface area contributed by atoms with Crippen molar-refractivity contribution in [3.8, 4) is 0 Å². The first-order valence-corrected chi connectivity index (χ1v) is 24.7. The summed E-state index contributed by atoms with van der Waals surface area (Å²) < 4.78 is 26.0. The van der Waals surface area contributed by atoms with E-state index in [1.807, 2.05) is 67.6 Å².